The summed E-state index contributed by atoms with van der Waals surface area (Å²) >= 11 is 11.1. The summed E-state index contributed by atoms with van der Waals surface area (Å²) in [5.74, 6) is -0.596. The number of benzene rings is 2. The molecule has 2 heterocycles. The molecule has 10 heteroatoms. The van der Waals surface area contributed by atoms with Crippen LogP contribution >= 0.6 is 38.9 Å². The van der Waals surface area contributed by atoms with Gasteiger partial charge in [0.2, 0.25) is 0 Å². The number of halogens is 2. The summed E-state index contributed by atoms with van der Waals surface area (Å²) in [5, 5.41) is 0.425. The number of esters is 2. The molecule has 0 amide bonds. The molecule has 0 aliphatic carbocycles. The Balaban J connectivity index is 1.90. The predicted octanol–water partition coefficient (Wildman–Crippen LogP) is 4.14. The zero-order valence-electron chi connectivity index (χ0n) is 19.0. The monoisotopic (exact) mass is 574 g/mol. The Bertz CT molecular complexity index is 1560. The average Bonchev–Trinajstić information content (AvgIpc) is 3.09. The zero-order chi connectivity index (χ0) is 25.3. The molecule has 3 aromatic rings. The lowest BCUT2D eigenvalue weighted by molar-refractivity contribution is -0.139. The van der Waals surface area contributed by atoms with Crippen LogP contribution < -0.4 is 19.6 Å². The Hall–Kier alpha value is -3.01. The molecule has 0 saturated heterocycles. The van der Waals surface area contributed by atoms with E-state index in [0.29, 0.717) is 41.4 Å². The maximum Gasteiger partial charge on any atom is 0.338 e. The number of ether oxygens (including phenoxy) is 2. The molecule has 1 aliphatic heterocycles. The Morgan fingerprint density at radius 1 is 1.26 bits per heavy atom. The first-order chi connectivity index (χ1) is 16.7. The van der Waals surface area contributed by atoms with E-state index in [2.05, 4.69) is 20.9 Å². The normalized spacial score (nSPS) is 15.5. The Kier molecular flexibility index (Phi) is 7.39. The van der Waals surface area contributed by atoms with Crippen LogP contribution in [0.4, 0.5) is 0 Å². The molecule has 1 aromatic heterocycles. The van der Waals surface area contributed by atoms with Crippen molar-refractivity contribution in [3.05, 3.63) is 94.0 Å². The lowest BCUT2D eigenvalue weighted by Gasteiger charge is -2.25. The van der Waals surface area contributed by atoms with Crippen molar-refractivity contribution in [3.63, 3.8) is 0 Å². The van der Waals surface area contributed by atoms with Gasteiger partial charge in [-0.25, -0.2) is 9.79 Å². The molecule has 0 spiro atoms. The second kappa shape index (κ2) is 10.3. The molecule has 35 heavy (non-hydrogen) atoms. The van der Waals surface area contributed by atoms with Crippen molar-refractivity contribution in [2.75, 3.05) is 6.61 Å². The highest BCUT2D eigenvalue weighted by Crippen LogP contribution is 2.34. The molecule has 2 aromatic carbocycles. The molecule has 0 N–H and O–H groups in total. The van der Waals surface area contributed by atoms with E-state index < -0.39 is 18.0 Å². The number of nitrogens with zero attached hydrogens (tertiary/aromatic N) is 2. The fraction of sp³-hybridized carbons (Fsp3) is 0.200. The summed E-state index contributed by atoms with van der Waals surface area (Å²) in [4.78, 5) is 42.8. The van der Waals surface area contributed by atoms with Crippen molar-refractivity contribution in [2.45, 2.75) is 26.8 Å². The van der Waals surface area contributed by atoms with Gasteiger partial charge in [0.15, 0.2) is 4.80 Å². The third-order valence-corrected chi connectivity index (χ3v) is 7.17. The van der Waals surface area contributed by atoms with Gasteiger partial charge in [-0.3, -0.25) is 14.2 Å². The van der Waals surface area contributed by atoms with Gasteiger partial charge in [-0.15, -0.1) is 0 Å². The Labute approximate surface area is 218 Å². The maximum absolute atomic E-state index is 13.6. The van der Waals surface area contributed by atoms with Gasteiger partial charge in [-0.2, -0.15) is 0 Å². The summed E-state index contributed by atoms with van der Waals surface area (Å²) in [6.45, 7) is 4.95. The van der Waals surface area contributed by atoms with E-state index in [9.17, 15) is 14.4 Å². The number of rotatable bonds is 5. The standard InChI is InChI=1S/C25H20BrClN2O5S/c1-4-33-24(32)21-13(2)28-25-29(22(21)16-7-5-6-8-18(16)27)23(31)20(35-25)12-15-9-10-19(17(26)11-15)34-14(3)30/h5-12,22H,4H2,1-3H3/b20-12-/t22-/m1/s1. The minimum absolute atomic E-state index is 0.188. The van der Waals surface area contributed by atoms with Crippen LogP contribution in [0, 0.1) is 0 Å². The van der Waals surface area contributed by atoms with Gasteiger partial charge >= 0.3 is 11.9 Å². The number of thiazole rings is 1. The van der Waals surface area contributed by atoms with Gasteiger partial charge < -0.3 is 9.47 Å². The third-order valence-electron chi connectivity index (χ3n) is 5.22. The number of carbonyl (C=O) groups excluding carboxylic acids is 2. The van der Waals surface area contributed by atoms with E-state index in [-0.39, 0.29) is 17.7 Å². The van der Waals surface area contributed by atoms with E-state index >= 15 is 0 Å². The topological polar surface area (TPSA) is 87.0 Å². The van der Waals surface area contributed by atoms with Gasteiger partial charge in [0.05, 0.1) is 26.9 Å². The van der Waals surface area contributed by atoms with E-state index in [1.807, 2.05) is 0 Å². The summed E-state index contributed by atoms with van der Waals surface area (Å²) in [5.41, 5.74) is 1.75. The summed E-state index contributed by atoms with van der Waals surface area (Å²) < 4.78 is 12.9. The SMILES string of the molecule is CCOC(=O)C1=C(C)N=c2s/c(=C\c3ccc(OC(C)=O)c(Br)c3)c(=O)n2[C@@H]1c1ccccc1Cl. The largest absolute Gasteiger partial charge is 0.463 e. The average molecular weight is 576 g/mol. The highest BCUT2D eigenvalue weighted by Gasteiger charge is 2.34. The van der Waals surface area contributed by atoms with Crippen LogP contribution in [-0.2, 0) is 14.3 Å². The van der Waals surface area contributed by atoms with Crippen LogP contribution in [0.2, 0.25) is 5.02 Å². The van der Waals surface area contributed by atoms with Crippen LogP contribution in [0.15, 0.2) is 68.0 Å². The second-order valence-corrected chi connectivity index (χ2v) is 9.88. The Morgan fingerprint density at radius 3 is 2.66 bits per heavy atom. The van der Waals surface area contributed by atoms with Gasteiger partial charge in [-0.05, 0) is 65.2 Å². The number of aromatic nitrogens is 1. The van der Waals surface area contributed by atoms with Crippen molar-refractivity contribution in [1.29, 1.82) is 0 Å². The molecule has 0 saturated carbocycles. The molecule has 0 radical (unpaired) electrons. The predicted molar refractivity (Wildman–Crippen MR) is 137 cm³/mol. The number of hydrogen-bond donors (Lipinski definition) is 0. The molecule has 1 atom stereocenters. The minimum atomic E-state index is -0.778. The van der Waals surface area contributed by atoms with Gasteiger partial charge in [-0.1, -0.05) is 47.2 Å². The lowest BCUT2D eigenvalue weighted by Crippen LogP contribution is -2.40. The van der Waals surface area contributed by atoms with Crippen LogP contribution in [-0.4, -0.2) is 23.1 Å². The molecule has 0 unspecified atom stereocenters. The number of fused-ring (bicyclic) bond motifs is 1. The van der Waals surface area contributed by atoms with E-state index in [1.54, 1.807) is 62.4 Å². The number of allylic oxidation sites excluding steroid dienone is 1. The van der Waals surface area contributed by atoms with Crippen molar-refractivity contribution in [1.82, 2.24) is 4.57 Å². The van der Waals surface area contributed by atoms with Crippen LogP contribution in [0.1, 0.15) is 37.9 Å². The summed E-state index contributed by atoms with van der Waals surface area (Å²) in [7, 11) is 0. The molecule has 180 valence electrons. The maximum atomic E-state index is 13.6. The smallest absolute Gasteiger partial charge is 0.338 e. The highest BCUT2D eigenvalue weighted by molar-refractivity contribution is 9.10. The molecule has 1 aliphatic rings. The second-order valence-electron chi connectivity index (χ2n) is 7.61. The first-order valence-corrected chi connectivity index (χ1v) is 12.6. The van der Waals surface area contributed by atoms with Crippen molar-refractivity contribution < 1.29 is 19.1 Å². The number of hydrogen-bond acceptors (Lipinski definition) is 7. The minimum Gasteiger partial charge on any atom is -0.463 e. The van der Waals surface area contributed by atoms with Crippen molar-refractivity contribution >= 4 is 56.9 Å². The van der Waals surface area contributed by atoms with Crippen molar-refractivity contribution in [3.8, 4) is 5.75 Å². The highest BCUT2D eigenvalue weighted by atomic mass is 79.9. The quantitative estimate of drug-likeness (QED) is 0.337. The first-order valence-electron chi connectivity index (χ1n) is 10.6. The van der Waals surface area contributed by atoms with E-state index in [4.69, 9.17) is 21.1 Å². The van der Waals surface area contributed by atoms with Crippen LogP contribution in [0.5, 0.6) is 5.75 Å². The zero-order valence-corrected chi connectivity index (χ0v) is 22.2. The molecule has 7 nitrogen and oxygen atoms in total. The molecule has 0 fully saturated rings. The fourth-order valence-corrected chi connectivity index (χ4v) is 5.54. The van der Waals surface area contributed by atoms with Gasteiger partial charge in [0.1, 0.15) is 11.8 Å². The molecule has 0 bridgehead atoms. The van der Waals surface area contributed by atoms with E-state index in [1.165, 1.54) is 22.8 Å². The van der Waals surface area contributed by atoms with Crippen molar-refractivity contribution in [2.24, 2.45) is 4.99 Å². The van der Waals surface area contributed by atoms with E-state index in [0.717, 1.165) is 0 Å². The summed E-state index contributed by atoms with van der Waals surface area (Å²) in [6.07, 6.45) is 1.72. The fourth-order valence-electron chi connectivity index (χ4n) is 3.78. The molecular formula is C25H20BrClN2O5S. The molecular weight excluding hydrogens is 556 g/mol. The number of carbonyl (C=O) groups is 2. The Morgan fingerprint density at radius 2 is 2.00 bits per heavy atom. The van der Waals surface area contributed by atoms with Gasteiger partial charge in [0.25, 0.3) is 5.56 Å². The first kappa shape index (κ1) is 25.1. The molecule has 4 rings (SSSR count). The van der Waals surface area contributed by atoms with Crippen LogP contribution in [0.25, 0.3) is 6.08 Å². The summed E-state index contributed by atoms with van der Waals surface area (Å²) in [6, 6.07) is 11.4. The third kappa shape index (κ3) is 5.03. The lowest BCUT2D eigenvalue weighted by atomic mass is 9.96. The van der Waals surface area contributed by atoms with Gasteiger partial charge in [0, 0.05) is 11.9 Å². The van der Waals surface area contributed by atoms with Crippen LogP contribution in [0.3, 0.4) is 0 Å².